The number of piperidine rings is 1. The monoisotopic (exact) mass is 379 g/mol. The Kier molecular flexibility index (Phi) is 6.02. The molecule has 2 amide bonds. The Labute approximate surface area is 167 Å². The van der Waals surface area contributed by atoms with Gasteiger partial charge in [-0.2, -0.15) is 0 Å². The number of amides is 2. The van der Waals surface area contributed by atoms with E-state index >= 15 is 0 Å². The lowest BCUT2D eigenvalue weighted by Gasteiger charge is -2.29. The standard InChI is InChI=1S/C23H29N3O2/c1-17-9-5-6-10-20(17)25-22(28)23(2,3)21(27)24-18-11-13-19(14-12-18)26-15-7-4-8-16-26/h5-6,9-14H,4,7-8,15-16H2,1-3H3,(H,24,27)(H,25,28). The predicted molar refractivity (Wildman–Crippen MR) is 115 cm³/mol. The molecule has 2 N–H and O–H groups in total. The van der Waals surface area contributed by atoms with Crippen LogP contribution in [0.4, 0.5) is 17.1 Å². The van der Waals surface area contributed by atoms with E-state index < -0.39 is 5.41 Å². The van der Waals surface area contributed by atoms with Crippen LogP contribution < -0.4 is 15.5 Å². The normalized spacial score (nSPS) is 14.5. The summed E-state index contributed by atoms with van der Waals surface area (Å²) in [6.45, 7) is 7.36. The lowest BCUT2D eigenvalue weighted by atomic mass is 9.90. The number of nitrogens with zero attached hydrogens (tertiary/aromatic N) is 1. The van der Waals surface area contributed by atoms with Gasteiger partial charge in [0.05, 0.1) is 0 Å². The molecule has 5 heteroatoms. The van der Waals surface area contributed by atoms with E-state index in [9.17, 15) is 9.59 Å². The summed E-state index contributed by atoms with van der Waals surface area (Å²) in [6, 6.07) is 15.4. The zero-order valence-corrected chi connectivity index (χ0v) is 16.9. The second-order valence-corrected chi connectivity index (χ2v) is 7.94. The fourth-order valence-electron chi connectivity index (χ4n) is 3.29. The third-order valence-corrected chi connectivity index (χ3v) is 5.37. The molecule has 0 radical (unpaired) electrons. The molecule has 2 aromatic carbocycles. The lowest BCUT2D eigenvalue weighted by Crippen LogP contribution is -2.41. The average Bonchev–Trinajstić information content (AvgIpc) is 2.71. The van der Waals surface area contributed by atoms with Crippen LogP contribution in [0.3, 0.4) is 0 Å². The summed E-state index contributed by atoms with van der Waals surface area (Å²) in [5.41, 5.74) is 2.35. The van der Waals surface area contributed by atoms with E-state index in [1.165, 1.54) is 24.9 Å². The van der Waals surface area contributed by atoms with Gasteiger partial charge in [0, 0.05) is 30.2 Å². The van der Waals surface area contributed by atoms with Crippen molar-refractivity contribution in [2.24, 2.45) is 5.41 Å². The molecular weight excluding hydrogens is 350 g/mol. The van der Waals surface area contributed by atoms with Crippen molar-refractivity contribution in [3.05, 3.63) is 54.1 Å². The van der Waals surface area contributed by atoms with Crippen molar-refractivity contribution in [2.45, 2.75) is 40.0 Å². The first-order valence-electron chi connectivity index (χ1n) is 9.91. The molecule has 0 saturated carbocycles. The topological polar surface area (TPSA) is 61.4 Å². The van der Waals surface area contributed by atoms with Crippen molar-refractivity contribution >= 4 is 28.9 Å². The van der Waals surface area contributed by atoms with E-state index in [2.05, 4.69) is 15.5 Å². The summed E-state index contributed by atoms with van der Waals surface area (Å²) in [6.07, 6.45) is 3.75. The van der Waals surface area contributed by atoms with Crippen molar-refractivity contribution in [2.75, 3.05) is 28.6 Å². The summed E-state index contributed by atoms with van der Waals surface area (Å²) in [5, 5.41) is 5.74. The van der Waals surface area contributed by atoms with E-state index in [-0.39, 0.29) is 11.8 Å². The second-order valence-electron chi connectivity index (χ2n) is 7.94. The van der Waals surface area contributed by atoms with Gasteiger partial charge in [-0.05, 0) is 75.9 Å². The predicted octanol–water partition coefficient (Wildman–Crippen LogP) is 4.59. The van der Waals surface area contributed by atoms with Crippen LogP contribution in [-0.4, -0.2) is 24.9 Å². The van der Waals surface area contributed by atoms with Crippen LogP contribution in [0, 0.1) is 12.3 Å². The molecule has 1 saturated heterocycles. The van der Waals surface area contributed by atoms with Crippen LogP contribution in [-0.2, 0) is 9.59 Å². The Balaban J connectivity index is 1.63. The molecule has 0 bridgehead atoms. The van der Waals surface area contributed by atoms with Gasteiger partial charge in [-0.3, -0.25) is 9.59 Å². The first-order chi connectivity index (χ1) is 13.4. The van der Waals surface area contributed by atoms with E-state index in [0.29, 0.717) is 5.69 Å². The molecule has 148 valence electrons. The summed E-state index contributed by atoms with van der Waals surface area (Å²) < 4.78 is 0. The van der Waals surface area contributed by atoms with Crippen LogP contribution >= 0.6 is 0 Å². The molecule has 1 aliphatic heterocycles. The number of nitrogens with one attached hydrogen (secondary N) is 2. The van der Waals surface area contributed by atoms with E-state index in [4.69, 9.17) is 0 Å². The lowest BCUT2D eigenvalue weighted by molar-refractivity contribution is -0.135. The summed E-state index contributed by atoms with van der Waals surface area (Å²) in [4.78, 5) is 27.8. The SMILES string of the molecule is Cc1ccccc1NC(=O)C(C)(C)C(=O)Nc1ccc(N2CCCCC2)cc1. The van der Waals surface area contributed by atoms with Gasteiger partial charge in [0.1, 0.15) is 5.41 Å². The maximum absolute atomic E-state index is 12.8. The van der Waals surface area contributed by atoms with Crippen LogP contribution in [0.15, 0.2) is 48.5 Å². The minimum atomic E-state index is -1.20. The Morgan fingerprint density at radius 2 is 1.46 bits per heavy atom. The van der Waals surface area contributed by atoms with Gasteiger partial charge in [0.2, 0.25) is 11.8 Å². The smallest absolute Gasteiger partial charge is 0.239 e. The minimum Gasteiger partial charge on any atom is -0.372 e. The Morgan fingerprint density at radius 1 is 0.857 bits per heavy atom. The van der Waals surface area contributed by atoms with E-state index in [1.54, 1.807) is 13.8 Å². The highest BCUT2D eigenvalue weighted by atomic mass is 16.2. The summed E-state index contributed by atoms with van der Waals surface area (Å²) in [5.74, 6) is -0.659. The maximum Gasteiger partial charge on any atom is 0.239 e. The number of aryl methyl sites for hydroxylation is 1. The van der Waals surface area contributed by atoms with Gasteiger partial charge in [0.25, 0.3) is 0 Å². The van der Waals surface area contributed by atoms with E-state index in [0.717, 1.165) is 24.3 Å². The molecule has 2 aromatic rings. The molecule has 1 fully saturated rings. The van der Waals surface area contributed by atoms with Gasteiger partial charge in [-0.1, -0.05) is 18.2 Å². The minimum absolute atomic E-state index is 0.329. The first kappa shape index (κ1) is 19.9. The van der Waals surface area contributed by atoms with Crippen molar-refractivity contribution in [1.82, 2.24) is 0 Å². The molecule has 1 aliphatic rings. The zero-order chi connectivity index (χ0) is 20.1. The molecule has 0 unspecified atom stereocenters. The zero-order valence-electron chi connectivity index (χ0n) is 16.9. The van der Waals surface area contributed by atoms with Crippen molar-refractivity contribution in [1.29, 1.82) is 0 Å². The molecule has 5 nitrogen and oxygen atoms in total. The highest BCUT2D eigenvalue weighted by Crippen LogP contribution is 2.25. The van der Waals surface area contributed by atoms with Crippen LogP contribution in [0.5, 0.6) is 0 Å². The fourth-order valence-corrected chi connectivity index (χ4v) is 3.29. The third kappa shape index (κ3) is 4.53. The first-order valence-corrected chi connectivity index (χ1v) is 9.91. The number of rotatable bonds is 5. The van der Waals surface area contributed by atoms with Gasteiger partial charge < -0.3 is 15.5 Å². The Bertz CT molecular complexity index is 837. The number of benzene rings is 2. The number of hydrogen-bond acceptors (Lipinski definition) is 3. The summed E-state index contributed by atoms with van der Waals surface area (Å²) in [7, 11) is 0. The molecular formula is C23H29N3O2. The fraction of sp³-hybridized carbons (Fsp3) is 0.391. The molecule has 0 spiro atoms. The highest BCUT2D eigenvalue weighted by Gasteiger charge is 2.36. The molecule has 0 atom stereocenters. The van der Waals surface area contributed by atoms with Gasteiger partial charge >= 0.3 is 0 Å². The molecule has 0 aromatic heterocycles. The highest BCUT2D eigenvalue weighted by molar-refractivity contribution is 6.14. The summed E-state index contributed by atoms with van der Waals surface area (Å²) >= 11 is 0. The number of hydrogen-bond donors (Lipinski definition) is 2. The van der Waals surface area contributed by atoms with Gasteiger partial charge in [-0.15, -0.1) is 0 Å². The van der Waals surface area contributed by atoms with Gasteiger partial charge in [0.15, 0.2) is 0 Å². The van der Waals surface area contributed by atoms with E-state index in [1.807, 2.05) is 55.5 Å². The largest absolute Gasteiger partial charge is 0.372 e. The molecule has 0 aliphatic carbocycles. The molecule has 28 heavy (non-hydrogen) atoms. The second kappa shape index (κ2) is 8.46. The maximum atomic E-state index is 12.8. The van der Waals surface area contributed by atoms with Crippen LogP contribution in [0.1, 0.15) is 38.7 Å². The number of anilines is 3. The van der Waals surface area contributed by atoms with Crippen molar-refractivity contribution < 1.29 is 9.59 Å². The Morgan fingerprint density at radius 3 is 2.11 bits per heavy atom. The number of carbonyl (C=O) groups is 2. The quantitative estimate of drug-likeness (QED) is 0.747. The number of para-hydroxylation sites is 1. The average molecular weight is 380 g/mol. The molecule has 1 heterocycles. The third-order valence-electron chi connectivity index (χ3n) is 5.37. The van der Waals surface area contributed by atoms with Gasteiger partial charge in [-0.25, -0.2) is 0 Å². The number of carbonyl (C=O) groups excluding carboxylic acids is 2. The van der Waals surface area contributed by atoms with Crippen LogP contribution in [0.25, 0.3) is 0 Å². The van der Waals surface area contributed by atoms with Crippen LogP contribution in [0.2, 0.25) is 0 Å². The van der Waals surface area contributed by atoms with Crippen molar-refractivity contribution in [3.8, 4) is 0 Å². The Hall–Kier alpha value is -2.82. The molecule has 3 rings (SSSR count). The van der Waals surface area contributed by atoms with Crippen molar-refractivity contribution in [3.63, 3.8) is 0 Å².